The first-order valence-electron chi connectivity index (χ1n) is 3.16. The number of hydrogen-bond acceptors (Lipinski definition) is 5. The lowest BCUT2D eigenvalue weighted by Gasteiger charge is -2.08. The third-order valence-electron chi connectivity index (χ3n) is 1.15. The maximum Gasteiger partial charge on any atom is 0.118 e. The van der Waals surface area contributed by atoms with E-state index in [9.17, 15) is 0 Å². The quantitative estimate of drug-likeness (QED) is 0.352. The van der Waals surface area contributed by atoms with Gasteiger partial charge in [0.25, 0.3) is 0 Å². The molecule has 64 valence electrons. The van der Waals surface area contributed by atoms with Crippen LogP contribution in [0.3, 0.4) is 0 Å². The van der Waals surface area contributed by atoms with E-state index in [0.29, 0.717) is 18.0 Å². The van der Waals surface area contributed by atoms with Crippen molar-refractivity contribution in [2.24, 2.45) is 10.3 Å². The molecule has 0 bridgehead atoms. The summed E-state index contributed by atoms with van der Waals surface area (Å²) in [6.45, 7) is 2.02. The highest BCUT2D eigenvalue weighted by molar-refractivity contribution is 6.41. The maximum absolute atomic E-state index is 8.45. The first-order valence-corrected chi connectivity index (χ1v) is 3.16. The van der Waals surface area contributed by atoms with Crippen molar-refractivity contribution >= 4 is 11.4 Å². The summed E-state index contributed by atoms with van der Waals surface area (Å²) in [5, 5.41) is 22.7. The molecule has 5 nitrogen and oxygen atoms in total. The molecule has 0 aliphatic rings. The molecule has 0 aliphatic carbocycles. The van der Waals surface area contributed by atoms with Crippen LogP contribution in [0.15, 0.2) is 10.3 Å². The van der Waals surface area contributed by atoms with Crippen LogP contribution in [0.25, 0.3) is 0 Å². The van der Waals surface area contributed by atoms with E-state index < -0.39 is 0 Å². The normalized spacial score (nSPS) is 14.2. The monoisotopic (exact) mass is 159 g/mol. The van der Waals surface area contributed by atoms with Crippen LogP contribution in [0.1, 0.15) is 6.92 Å². The van der Waals surface area contributed by atoms with E-state index in [-0.39, 0.29) is 0 Å². The summed E-state index contributed by atoms with van der Waals surface area (Å²) in [5.74, 6) is 0. The van der Waals surface area contributed by atoms with E-state index in [4.69, 9.17) is 10.4 Å². The van der Waals surface area contributed by atoms with Crippen LogP contribution < -0.4 is 0 Å². The van der Waals surface area contributed by atoms with Gasteiger partial charge in [-0.15, -0.1) is 0 Å². The summed E-state index contributed by atoms with van der Waals surface area (Å²) in [4.78, 5) is 1.81. The minimum Gasteiger partial charge on any atom is -0.411 e. The lowest BCUT2D eigenvalue weighted by Crippen LogP contribution is -2.26. The molecule has 0 heterocycles. The van der Waals surface area contributed by atoms with Crippen molar-refractivity contribution in [1.29, 1.82) is 0 Å². The molecule has 0 amide bonds. The Labute approximate surface area is 65.6 Å². The van der Waals surface area contributed by atoms with Gasteiger partial charge in [0.2, 0.25) is 0 Å². The van der Waals surface area contributed by atoms with Crippen molar-refractivity contribution < 1.29 is 10.4 Å². The minimum atomic E-state index is 0.321. The molecule has 0 aromatic carbocycles. The van der Waals surface area contributed by atoms with Gasteiger partial charge in [0.05, 0.1) is 0 Å². The van der Waals surface area contributed by atoms with E-state index in [1.54, 1.807) is 6.92 Å². The second-order valence-corrected chi connectivity index (χ2v) is 2.47. The Morgan fingerprint density at radius 2 is 1.82 bits per heavy atom. The van der Waals surface area contributed by atoms with Gasteiger partial charge in [0.15, 0.2) is 0 Å². The van der Waals surface area contributed by atoms with Crippen LogP contribution in [-0.4, -0.2) is 47.4 Å². The zero-order valence-electron chi connectivity index (χ0n) is 6.94. The Hall–Kier alpha value is -1.10. The minimum absolute atomic E-state index is 0.321. The largest absolute Gasteiger partial charge is 0.411 e. The third-order valence-corrected chi connectivity index (χ3v) is 1.15. The zero-order valence-corrected chi connectivity index (χ0v) is 6.94. The standard InChI is InChI=1S/C6H13N3O2/c1-5(7-10)6(8-11)4-9(2)3/h10-11H,4H2,1-3H3/b7-5-,8-6+. The smallest absolute Gasteiger partial charge is 0.118 e. The molecule has 2 N–H and O–H groups in total. The van der Waals surface area contributed by atoms with Crippen molar-refractivity contribution in [1.82, 2.24) is 4.90 Å². The summed E-state index contributed by atoms with van der Waals surface area (Å²) in [7, 11) is 3.66. The molecule has 0 atom stereocenters. The van der Waals surface area contributed by atoms with Crippen LogP contribution in [0.5, 0.6) is 0 Å². The first kappa shape index (κ1) is 9.90. The topological polar surface area (TPSA) is 68.4 Å². The van der Waals surface area contributed by atoms with Crippen LogP contribution in [0.4, 0.5) is 0 Å². The maximum atomic E-state index is 8.45. The van der Waals surface area contributed by atoms with Gasteiger partial charge in [0.1, 0.15) is 11.4 Å². The van der Waals surface area contributed by atoms with Crippen molar-refractivity contribution in [3.05, 3.63) is 0 Å². The molecule has 0 radical (unpaired) electrons. The Bertz CT molecular complexity index is 175. The molecule has 11 heavy (non-hydrogen) atoms. The predicted molar refractivity (Wildman–Crippen MR) is 42.7 cm³/mol. The second kappa shape index (κ2) is 4.68. The fourth-order valence-electron chi connectivity index (χ4n) is 0.576. The Morgan fingerprint density at radius 1 is 1.27 bits per heavy atom. The fraction of sp³-hybridized carbons (Fsp3) is 0.667. The van der Waals surface area contributed by atoms with Crippen LogP contribution in [0.2, 0.25) is 0 Å². The number of hydrogen-bond donors (Lipinski definition) is 2. The SMILES string of the molecule is CC(=N/O)/C(CN(C)C)=N/O. The average Bonchev–Trinajstić information content (AvgIpc) is 1.98. The number of nitrogens with zero attached hydrogens (tertiary/aromatic N) is 3. The predicted octanol–water partition coefficient (Wildman–Crippen LogP) is 0.228. The average molecular weight is 159 g/mol. The lowest BCUT2D eigenvalue weighted by atomic mass is 10.2. The van der Waals surface area contributed by atoms with Crippen molar-refractivity contribution in [2.75, 3.05) is 20.6 Å². The van der Waals surface area contributed by atoms with E-state index in [1.165, 1.54) is 0 Å². The molecule has 0 saturated heterocycles. The number of oxime groups is 2. The van der Waals surface area contributed by atoms with Gasteiger partial charge in [-0.1, -0.05) is 10.3 Å². The van der Waals surface area contributed by atoms with Gasteiger partial charge < -0.3 is 15.3 Å². The first-order chi connectivity index (χ1) is 5.11. The van der Waals surface area contributed by atoms with Gasteiger partial charge in [-0.25, -0.2) is 0 Å². The molecule has 5 heteroatoms. The molecule has 0 aliphatic heterocycles. The van der Waals surface area contributed by atoms with Crippen LogP contribution in [-0.2, 0) is 0 Å². The molecule has 0 unspecified atom stereocenters. The molecular formula is C6H13N3O2. The van der Waals surface area contributed by atoms with Crippen LogP contribution in [0, 0.1) is 0 Å². The second-order valence-electron chi connectivity index (χ2n) is 2.47. The van der Waals surface area contributed by atoms with Gasteiger partial charge in [-0.3, -0.25) is 0 Å². The van der Waals surface area contributed by atoms with E-state index in [0.717, 1.165) is 0 Å². The van der Waals surface area contributed by atoms with Gasteiger partial charge in [0, 0.05) is 6.54 Å². The van der Waals surface area contributed by atoms with Crippen molar-refractivity contribution in [3.63, 3.8) is 0 Å². The molecular weight excluding hydrogens is 146 g/mol. The van der Waals surface area contributed by atoms with E-state index in [1.807, 2.05) is 19.0 Å². The highest BCUT2D eigenvalue weighted by Gasteiger charge is 2.05. The molecule has 0 spiro atoms. The van der Waals surface area contributed by atoms with E-state index in [2.05, 4.69) is 10.3 Å². The van der Waals surface area contributed by atoms with E-state index >= 15 is 0 Å². The lowest BCUT2D eigenvalue weighted by molar-refractivity contribution is 0.310. The van der Waals surface area contributed by atoms with Crippen molar-refractivity contribution in [2.45, 2.75) is 6.92 Å². The summed E-state index contributed by atoms with van der Waals surface area (Å²) < 4.78 is 0. The molecule has 0 aromatic rings. The summed E-state index contributed by atoms with van der Waals surface area (Å²) >= 11 is 0. The van der Waals surface area contributed by atoms with Gasteiger partial charge >= 0.3 is 0 Å². The Balaban J connectivity index is 4.21. The summed E-state index contributed by atoms with van der Waals surface area (Å²) in [5.41, 5.74) is 0.679. The highest BCUT2D eigenvalue weighted by Crippen LogP contribution is 1.86. The van der Waals surface area contributed by atoms with Crippen LogP contribution >= 0.6 is 0 Å². The third kappa shape index (κ3) is 3.57. The molecule has 0 aromatic heterocycles. The summed E-state index contributed by atoms with van der Waals surface area (Å²) in [6.07, 6.45) is 0. The Morgan fingerprint density at radius 3 is 2.09 bits per heavy atom. The van der Waals surface area contributed by atoms with Crippen molar-refractivity contribution in [3.8, 4) is 0 Å². The molecule has 0 saturated carbocycles. The molecule has 0 rings (SSSR count). The highest BCUT2D eigenvalue weighted by atomic mass is 16.4. The number of rotatable bonds is 3. The van der Waals surface area contributed by atoms with Gasteiger partial charge in [-0.05, 0) is 21.0 Å². The Kier molecular flexibility index (Phi) is 4.21. The fourth-order valence-corrected chi connectivity index (χ4v) is 0.576. The van der Waals surface area contributed by atoms with Gasteiger partial charge in [-0.2, -0.15) is 0 Å². The molecule has 0 fully saturated rings. The zero-order chi connectivity index (χ0) is 8.85. The summed E-state index contributed by atoms with van der Waals surface area (Å²) in [6, 6.07) is 0.